The maximum atomic E-state index is 13.6. The molecular formula is C14H17F2NO4S. The van der Waals surface area contributed by atoms with E-state index in [1.807, 2.05) is 0 Å². The molecule has 1 N–H and O–H groups in total. The van der Waals surface area contributed by atoms with Crippen molar-refractivity contribution in [3.8, 4) is 0 Å². The molecule has 2 heterocycles. The minimum atomic E-state index is -3.84. The van der Waals surface area contributed by atoms with Gasteiger partial charge in [-0.25, -0.2) is 17.2 Å². The van der Waals surface area contributed by atoms with Gasteiger partial charge in [0.25, 0.3) is 5.92 Å². The van der Waals surface area contributed by atoms with E-state index in [-0.39, 0.29) is 18.0 Å². The second-order valence-corrected chi connectivity index (χ2v) is 7.61. The molecule has 0 bridgehead atoms. The number of alkyl halides is 2. The molecule has 1 atom stereocenters. The molecule has 0 saturated carbocycles. The highest BCUT2D eigenvalue weighted by molar-refractivity contribution is 7.89. The standard InChI is InChI=1S/C14H17F2NO4S/c15-14(16)3-4-17(6-12(14)7-18)22(19,20)13-2-1-10-8-21-9-11(10)5-13/h1-2,5,12,18H,3-4,6-9H2. The van der Waals surface area contributed by atoms with Crippen LogP contribution in [0.4, 0.5) is 8.78 Å². The molecule has 0 radical (unpaired) electrons. The molecule has 22 heavy (non-hydrogen) atoms. The molecule has 1 aromatic carbocycles. The Bertz CT molecular complexity index is 677. The summed E-state index contributed by atoms with van der Waals surface area (Å²) in [4.78, 5) is 0.0821. The Kier molecular flexibility index (Phi) is 3.96. The van der Waals surface area contributed by atoms with E-state index in [1.165, 1.54) is 6.07 Å². The summed E-state index contributed by atoms with van der Waals surface area (Å²) in [5.41, 5.74) is 1.75. The zero-order valence-electron chi connectivity index (χ0n) is 11.8. The SMILES string of the molecule is O=S(=O)(c1ccc2c(c1)COC2)N1CCC(F)(F)C(CO)C1. The summed E-state index contributed by atoms with van der Waals surface area (Å²) in [5.74, 6) is -4.40. The topological polar surface area (TPSA) is 66.8 Å². The van der Waals surface area contributed by atoms with Crippen LogP contribution in [0.3, 0.4) is 0 Å². The summed E-state index contributed by atoms with van der Waals surface area (Å²) < 4.78 is 58.7. The minimum absolute atomic E-state index is 0.0821. The van der Waals surface area contributed by atoms with Gasteiger partial charge in [-0.3, -0.25) is 0 Å². The zero-order chi connectivity index (χ0) is 16.0. The third kappa shape index (κ3) is 2.64. The molecule has 0 amide bonds. The maximum Gasteiger partial charge on any atom is 0.255 e. The highest BCUT2D eigenvalue weighted by atomic mass is 32.2. The Hall–Kier alpha value is -1.09. The van der Waals surface area contributed by atoms with Gasteiger partial charge in [-0.2, -0.15) is 4.31 Å². The number of aliphatic hydroxyl groups excluding tert-OH is 1. The Labute approximate surface area is 127 Å². The van der Waals surface area contributed by atoms with Crippen LogP contribution in [0.5, 0.6) is 0 Å². The number of aliphatic hydroxyl groups is 1. The third-order valence-electron chi connectivity index (χ3n) is 4.27. The first-order valence-electron chi connectivity index (χ1n) is 7.03. The summed E-state index contributed by atoms with van der Waals surface area (Å²) in [6.45, 7) is -0.551. The molecule has 122 valence electrons. The lowest BCUT2D eigenvalue weighted by Crippen LogP contribution is -2.50. The van der Waals surface area contributed by atoms with E-state index < -0.39 is 34.9 Å². The number of nitrogens with zero attached hydrogens (tertiary/aromatic N) is 1. The molecule has 0 aliphatic carbocycles. The number of sulfonamides is 1. The largest absolute Gasteiger partial charge is 0.396 e. The molecule has 3 rings (SSSR count). The first kappa shape index (κ1) is 15.8. The maximum absolute atomic E-state index is 13.6. The van der Waals surface area contributed by atoms with Gasteiger partial charge in [0.2, 0.25) is 10.0 Å². The number of ether oxygens (including phenoxy) is 1. The van der Waals surface area contributed by atoms with Crippen LogP contribution in [-0.2, 0) is 28.0 Å². The van der Waals surface area contributed by atoms with E-state index in [1.54, 1.807) is 12.1 Å². The van der Waals surface area contributed by atoms with E-state index in [0.29, 0.717) is 13.2 Å². The van der Waals surface area contributed by atoms with Crippen LogP contribution in [0.25, 0.3) is 0 Å². The lowest BCUT2D eigenvalue weighted by Gasteiger charge is -2.36. The highest BCUT2D eigenvalue weighted by Gasteiger charge is 2.46. The normalized spacial score (nSPS) is 25.1. The van der Waals surface area contributed by atoms with Gasteiger partial charge in [0.15, 0.2) is 0 Å². The molecule has 1 saturated heterocycles. The average Bonchev–Trinajstić information content (AvgIpc) is 2.94. The summed E-state index contributed by atoms with van der Waals surface area (Å²) >= 11 is 0. The van der Waals surface area contributed by atoms with Crippen molar-refractivity contribution in [2.45, 2.75) is 30.5 Å². The van der Waals surface area contributed by atoms with Crippen molar-refractivity contribution in [3.05, 3.63) is 29.3 Å². The lowest BCUT2D eigenvalue weighted by molar-refractivity contribution is -0.107. The van der Waals surface area contributed by atoms with Crippen LogP contribution < -0.4 is 0 Å². The second-order valence-electron chi connectivity index (χ2n) is 5.68. The van der Waals surface area contributed by atoms with E-state index in [0.717, 1.165) is 15.4 Å². The van der Waals surface area contributed by atoms with Crippen molar-refractivity contribution >= 4 is 10.0 Å². The number of hydrogen-bond donors (Lipinski definition) is 1. The Morgan fingerprint density at radius 2 is 2.05 bits per heavy atom. The number of piperidine rings is 1. The predicted molar refractivity (Wildman–Crippen MR) is 73.8 cm³/mol. The molecule has 1 unspecified atom stereocenters. The van der Waals surface area contributed by atoms with Crippen molar-refractivity contribution < 1.29 is 27.0 Å². The molecule has 2 aliphatic rings. The Balaban J connectivity index is 1.87. The molecular weight excluding hydrogens is 316 g/mol. The van der Waals surface area contributed by atoms with Crippen molar-refractivity contribution in [1.82, 2.24) is 4.31 Å². The van der Waals surface area contributed by atoms with Crippen LogP contribution in [0.2, 0.25) is 0 Å². The molecule has 0 spiro atoms. The van der Waals surface area contributed by atoms with Crippen molar-refractivity contribution in [1.29, 1.82) is 0 Å². The third-order valence-corrected chi connectivity index (χ3v) is 6.13. The Morgan fingerprint density at radius 3 is 2.77 bits per heavy atom. The van der Waals surface area contributed by atoms with E-state index >= 15 is 0 Å². The van der Waals surface area contributed by atoms with Crippen LogP contribution in [0.15, 0.2) is 23.1 Å². The summed E-state index contributed by atoms with van der Waals surface area (Å²) in [5, 5.41) is 9.09. The molecule has 2 aliphatic heterocycles. The molecule has 0 aromatic heterocycles. The van der Waals surface area contributed by atoms with Gasteiger partial charge in [-0.15, -0.1) is 0 Å². The van der Waals surface area contributed by atoms with Crippen molar-refractivity contribution in [3.63, 3.8) is 0 Å². The van der Waals surface area contributed by atoms with Gasteiger partial charge in [-0.05, 0) is 23.3 Å². The van der Waals surface area contributed by atoms with E-state index in [2.05, 4.69) is 0 Å². The highest BCUT2D eigenvalue weighted by Crippen LogP contribution is 2.35. The van der Waals surface area contributed by atoms with Crippen LogP contribution in [0, 0.1) is 5.92 Å². The molecule has 8 heteroatoms. The zero-order valence-corrected chi connectivity index (χ0v) is 12.7. The predicted octanol–water partition coefficient (Wildman–Crippen LogP) is 1.36. The van der Waals surface area contributed by atoms with Gasteiger partial charge < -0.3 is 9.84 Å². The quantitative estimate of drug-likeness (QED) is 0.907. The van der Waals surface area contributed by atoms with E-state index in [4.69, 9.17) is 9.84 Å². The number of rotatable bonds is 3. The van der Waals surface area contributed by atoms with Crippen LogP contribution in [-0.4, -0.2) is 43.4 Å². The number of halogens is 2. The monoisotopic (exact) mass is 333 g/mol. The van der Waals surface area contributed by atoms with Crippen LogP contribution >= 0.6 is 0 Å². The van der Waals surface area contributed by atoms with Gasteiger partial charge >= 0.3 is 0 Å². The number of benzene rings is 1. The van der Waals surface area contributed by atoms with Gasteiger partial charge in [0.1, 0.15) is 0 Å². The fourth-order valence-corrected chi connectivity index (χ4v) is 4.35. The summed E-state index contributed by atoms with van der Waals surface area (Å²) in [6.07, 6.45) is -0.578. The fraction of sp³-hybridized carbons (Fsp3) is 0.571. The van der Waals surface area contributed by atoms with Gasteiger partial charge in [0, 0.05) is 19.5 Å². The smallest absolute Gasteiger partial charge is 0.255 e. The van der Waals surface area contributed by atoms with Gasteiger partial charge in [-0.1, -0.05) is 6.07 Å². The number of fused-ring (bicyclic) bond motifs is 1. The van der Waals surface area contributed by atoms with Gasteiger partial charge in [0.05, 0.1) is 30.6 Å². The first-order valence-corrected chi connectivity index (χ1v) is 8.47. The second kappa shape index (κ2) is 5.52. The average molecular weight is 333 g/mol. The van der Waals surface area contributed by atoms with Crippen LogP contribution in [0.1, 0.15) is 17.5 Å². The van der Waals surface area contributed by atoms with Crippen molar-refractivity contribution in [2.75, 3.05) is 19.7 Å². The molecule has 1 aromatic rings. The van der Waals surface area contributed by atoms with Crippen molar-refractivity contribution in [2.24, 2.45) is 5.92 Å². The molecule has 1 fully saturated rings. The summed E-state index contributed by atoms with van der Waals surface area (Å²) in [7, 11) is -3.84. The first-order chi connectivity index (χ1) is 10.3. The Morgan fingerprint density at radius 1 is 1.32 bits per heavy atom. The lowest BCUT2D eigenvalue weighted by atomic mass is 9.96. The summed E-state index contributed by atoms with van der Waals surface area (Å²) in [6, 6.07) is 4.71. The van der Waals surface area contributed by atoms with E-state index in [9.17, 15) is 17.2 Å². The molecule has 5 nitrogen and oxygen atoms in total. The number of hydrogen-bond acceptors (Lipinski definition) is 4. The fourth-order valence-electron chi connectivity index (χ4n) is 2.82. The minimum Gasteiger partial charge on any atom is -0.396 e.